The number of aromatic nitrogens is 5. The van der Waals surface area contributed by atoms with Gasteiger partial charge in [0.1, 0.15) is 5.76 Å². The van der Waals surface area contributed by atoms with Crippen LogP contribution in [0.25, 0.3) is 11.6 Å². The third-order valence-electron chi connectivity index (χ3n) is 5.56. The van der Waals surface area contributed by atoms with Crippen LogP contribution in [0.4, 0.5) is 0 Å². The van der Waals surface area contributed by atoms with Crippen LogP contribution >= 0.6 is 0 Å². The van der Waals surface area contributed by atoms with Crippen molar-refractivity contribution in [3.8, 4) is 11.6 Å². The molecule has 10 heteroatoms. The molecule has 0 N–H and O–H groups in total. The van der Waals surface area contributed by atoms with E-state index in [4.69, 9.17) is 18.9 Å². The van der Waals surface area contributed by atoms with Crippen LogP contribution in [0.5, 0.6) is 0 Å². The number of rotatable bonds is 7. The Morgan fingerprint density at radius 3 is 2.93 bits per heavy atom. The third-order valence-corrected chi connectivity index (χ3v) is 5.56. The summed E-state index contributed by atoms with van der Waals surface area (Å²) in [5, 5.41) is 12.6. The number of amides is 1. The SMILES string of the molecule is Cc1cc(C(=O)N(C)CCc2noc(-c3nn(CC4CC4)c4c3COCC4)n2)no1. The lowest BCUT2D eigenvalue weighted by Crippen LogP contribution is -2.29. The fourth-order valence-electron chi connectivity index (χ4n) is 3.66. The molecule has 1 fully saturated rings. The maximum Gasteiger partial charge on any atom is 0.278 e. The van der Waals surface area contributed by atoms with Crippen molar-refractivity contribution in [1.82, 2.24) is 30.0 Å². The minimum absolute atomic E-state index is 0.208. The van der Waals surface area contributed by atoms with Crippen molar-refractivity contribution in [1.29, 1.82) is 0 Å². The highest BCUT2D eigenvalue weighted by atomic mass is 16.5. The summed E-state index contributed by atoms with van der Waals surface area (Å²) in [6.07, 6.45) is 3.85. The maximum atomic E-state index is 12.4. The van der Waals surface area contributed by atoms with Crippen molar-refractivity contribution in [2.75, 3.05) is 20.2 Å². The molecule has 0 spiro atoms. The molecule has 5 rings (SSSR count). The van der Waals surface area contributed by atoms with E-state index < -0.39 is 0 Å². The second kappa shape index (κ2) is 7.67. The Morgan fingerprint density at radius 1 is 1.30 bits per heavy atom. The topological polar surface area (TPSA) is 112 Å². The highest BCUT2D eigenvalue weighted by Gasteiger charge is 2.29. The van der Waals surface area contributed by atoms with E-state index in [1.807, 2.05) is 0 Å². The van der Waals surface area contributed by atoms with Crippen molar-refractivity contribution < 1.29 is 18.6 Å². The van der Waals surface area contributed by atoms with Gasteiger partial charge in [-0.2, -0.15) is 10.1 Å². The van der Waals surface area contributed by atoms with Crippen LogP contribution in [-0.2, 0) is 30.7 Å². The van der Waals surface area contributed by atoms with E-state index in [0.29, 0.717) is 49.3 Å². The van der Waals surface area contributed by atoms with Gasteiger partial charge in [-0.25, -0.2) is 0 Å². The predicted octanol–water partition coefficient (Wildman–Crippen LogP) is 2.03. The molecule has 10 nitrogen and oxygen atoms in total. The Kier molecular flexibility index (Phi) is 4.86. The first kappa shape index (κ1) is 19.0. The monoisotopic (exact) mass is 412 g/mol. The van der Waals surface area contributed by atoms with Crippen molar-refractivity contribution in [3.63, 3.8) is 0 Å². The normalized spacial score (nSPS) is 15.9. The van der Waals surface area contributed by atoms with E-state index in [1.54, 1.807) is 24.9 Å². The molecule has 0 bridgehead atoms. The quantitative estimate of drug-likeness (QED) is 0.579. The average molecular weight is 412 g/mol. The maximum absolute atomic E-state index is 12.4. The van der Waals surface area contributed by atoms with Crippen molar-refractivity contribution in [2.45, 2.75) is 45.8 Å². The molecule has 2 aliphatic rings. The molecule has 3 aromatic rings. The predicted molar refractivity (Wildman–Crippen MR) is 104 cm³/mol. The van der Waals surface area contributed by atoms with Crippen molar-refractivity contribution in [2.24, 2.45) is 5.92 Å². The van der Waals surface area contributed by atoms with E-state index in [-0.39, 0.29) is 11.6 Å². The van der Waals surface area contributed by atoms with E-state index in [0.717, 1.165) is 24.4 Å². The summed E-state index contributed by atoms with van der Waals surface area (Å²) >= 11 is 0. The number of carbonyl (C=O) groups is 1. The number of carbonyl (C=O) groups excluding carboxylic acids is 1. The highest BCUT2D eigenvalue weighted by Crippen LogP contribution is 2.34. The fraction of sp³-hybridized carbons (Fsp3) is 0.550. The van der Waals surface area contributed by atoms with Gasteiger partial charge in [0.2, 0.25) is 0 Å². The molecule has 0 radical (unpaired) electrons. The Labute approximate surface area is 173 Å². The van der Waals surface area contributed by atoms with Gasteiger partial charge in [-0.15, -0.1) is 0 Å². The van der Waals surface area contributed by atoms with Gasteiger partial charge >= 0.3 is 0 Å². The second-order valence-electron chi connectivity index (χ2n) is 8.02. The smallest absolute Gasteiger partial charge is 0.278 e. The standard InChI is InChI=1S/C20H24N6O4/c1-12-9-15(23-29-12)20(27)25(2)7-5-17-21-19(30-24-17)18-14-11-28-8-6-16(14)26(22-18)10-13-3-4-13/h9,13H,3-8,10-11H2,1-2H3. The Balaban J connectivity index is 1.28. The summed E-state index contributed by atoms with van der Waals surface area (Å²) in [7, 11) is 1.71. The summed E-state index contributed by atoms with van der Waals surface area (Å²) in [4.78, 5) is 18.5. The van der Waals surface area contributed by atoms with Crippen LogP contribution in [0, 0.1) is 12.8 Å². The van der Waals surface area contributed by atoms with Gasteiger partial charge in [0.25, 0.3) is 11.8 Å². The fourth-order valence-corrected chi connectivity index (χ4v) is 3.66. The summed E-state index contributed by atoms with van der Waals surface area (Å²) in [5.74, 6) is 2.05. The van der Waals surface area contributed by atoms with E-state index in [2.05, 4.69) is 20.0 Å². The zero-order valence-electron chi connectivity index (χ0n) is 17.1. The number of nitrogens with zero attached hydrogens (tertiary/aromatic N) is 6. The lowest BCUT2D eigenvalue weighted by Gasteiger charge is -2.14. The van der Waals surface area contributed by atoms with Gasteiger partial charge in [0.15, 0.2) is 17.2 Å². The van der Waals surface area contributed by atoms with Gasteiger partial charge in [0, 0.05) is 50.3 Å². The zero-order chi connectivity index (χ0) is 20.7. The summed E-state index contributed by atoms with van der Waals surface area (Å²) in [5.41, 5.74) is 3.27. The van der Waals surface area contributed by atoms with Gasteiger partial charge in [-0.1, -0.05) is 10.3 Å². The number of hydrogen-bond acceptors (Lipinski definition) is 8. The molecular weight excluding hydrogens is 388 g/mol. The molecule has 0 unspecified atom stereocenters. The Hall–Kier alpha value is -3.01. The molecule has 1 amide bonds. The first-order valence-corrected chi connectivity index (χ1v) is 10.3. The number of hydrogen-bond donors (Lipinski definition) is 0. The lowest BCUT2D eigenvalue weighted by molar-refractivity contribution is 0.0785. The largest absolute Gasteiger partial charge is 0.376 e. The first-order chi connectivity index (χ1) is 14.6. The van der Waals surface area contributed by atoms with Crippen molar-refractivity contribution in [3.05, 3.63) is 34.6 Å². The molecule has 1 aliphatic heterocycles. The molecule has 4 heterocycles. The molecule has 0 aromatic carbocycles. The summed E-state index contributed by atoms with van der Waals surface area (Å²) in [6.45, 7) is 4.35. The molecule has 158 valence electrons. The van der Waals surface area contributed by atoms with E-state index in [9.17, 15) is 4.79 Å². The number of fused-ring (bicyclic) bond motifs is 1. The molecule has 1 saturated carbocycles. The third kappa shape index (κ3) is 3.74. The van der Waals surface area contributed by atoms with Crippen LogP contribution in [0.3, 0.4) is 0 Å². The number of likely N-dealkylation sites (N-methyl/N-ethyl adjacent to an activating group) is 1. The Morgan fingerprint density at radius 2 is 2.17 bits per heavy atom. The van der Waals surface area contributed by atoms with Crippen LogP contribution in [0.15, 0.2) is 15.1 Å². The zero-order valence-corrected chi connectivity index (χ0v) is 17.1. The van der Waals surface area contributed by atoms with Crippen LogP contribution in [-0.4, -0.2) is 56.1 Å². The lowest BCUT2D eigenvalue weighted by atomic mass is 10.1. The van der Waals surface area contributed by atoms with Crippen molar-refractivity contribution >= 4 is 5.91 Å². The van der Waals surface area contributed by atoms with E-state index >= 15 is 0 Å². The molecule has 3 aromatic heterocycles. The van der Waals surface area contributed by atoms with Gasteiger partial charge in [-0.3, -0.25) is 9.48 Å². The molecular formula is C20H24N6O4. The van der Waals surface area contributed by atoms with Gasteiger partial charge in [0.05, 0.1) is 13.2 Å². The summed E-state index contributed by atoms with van der Waals surface area (Å²) in [6, 6.07) is 1.62. The molecule has 0 saturated heterocycles. The average Bonchev–Trinajstić information content (AvgIpc) is 3.13. The minimum atomic E-state index is -0.208. The van der Waals surface area contributed by atoms with Gasteiger partial charge in [-0.05, 0) is 25.7 Å². The van der Waals surface area contributed by atoms with E-state index in [1.165, 1.54) is 18.5 Å². The minimum Gasteiger partial charge on any atom is -0.376 e. The molecule has 30 heavy (non-hydrogen) atoms. The van der Waals surface area contributed by atoms with Crippen LogP contribution in [0.2, 0.25) is 0 Å². The molecule has 0 atom stereocenters. The number of aryl methyl sites for hydroxylation is 1. The van der Waals surface area contributed by atoms with Crippen LogP contribution in [0.1, 0.15) is 46.2 Å². The highest BCUT2D eigenvalue weighted by molar-refractivity contribution is 5.92. The summed E-state index contributed by atoms with van der Waals surface area (Å²) < 4.78 is 18.2. The second-order valence-corrected chi connectivity index (χ2v) is 8.02. The first-order valence-electron chi connectivity index (χ1n) is 10.3. The van der Waals surface area contributed by atoms with Crippen LogP contribution < -0.4 is 0 Å². The number of ether oxygens (including phenoxy) is 1. The Bertz CT molecular complexity index is 1060. The van der Waals surface area contributed by atoms with Gasteiger partial charge < -0.3 is 18.7 Å². The molecule has 1 aliphatic carbocycles.